The number of nitrogens with zero attached hydrogens (tertiary/aromatic N) is 2. The van der Waals surface area contributed by atoms with Crippen LogP contribution in [0.2, 0.25) is 0 Å². The van der Waals surface area contributed by atoms with Crippen LogP contribution in [0.25, 0.3) is 0 Å². The summed E-state index contributed by atoms with van der Waals surface area (Å²) >= 11 is 3.84. The molecule has 0 aliphatic heterocycles. The number of anilines is 1. The standard InChI is InChI=1S/C7H9N3OS/c1-5-2-3-6(9-4-5)10(12)7(8)11/h2-4,12H,1H3,(H2,8,11). The Morgan fingerprint density at radius 2 is 2.33 bits per heavy atom. The molecule has 2 amide bonds. The number of hydrogen-bond acceptors (Lipinski definition) is 3. The first-order chi connectivity index (χ1) is 5.61. The molecule has 0 bridgehead atoms. The number of carbonyl (C=O) groups excluding carboxylic acids is 1. The summed E-state index contributed by atoms with van der Waals surface area (Å²) in [6, 6.07) is 2.86. The fourth-order valence-corrected chi connectivity index (χ4v) is 0.816. The lowest BCUT2D eigenvalue weighted by Gasteiger charge is -2.10. The van der Waals surface area contributed by atoms with Crippen LogP contribution >= 0.6 is 12.8 Å². The summed E-state index contributed by atoms with van der Waals surface area (Å²) in [5.74, 6) is 0.427. The number of aromatic nitrogens is 1. The van der Waals surface area contributed by atoms with Crippen molar-refractivity contribution in [2.24, 2.45) is 5.73 Å². The molecule has 0 atom stereocenters. The second-order valence-electron chi connectivity index (χ2n) is 2.34. The van der Waals surface area contributed by atoms with Gasteiger partial charge in [0, 0.05) is 6.20 Å². The molecule has 0 fully saturated rings. The van der Waals surface area contributed by atoms with E-state index in [1.54, 1.807) is 12.3 Å². The van der Waals surface area contributed by atoms with Gasteiger partial charge < -0.3 is 5.73 Å². The Morgan fingerprint density at radius 1 is 1.67 bits per heavy atom. The summed E-state index contributed by atoms with van der Waals surface area (Å²) in [6.45, 7) is 1.91. The highest BCUT2D eigenvalue weighted by atomic mass is 32.1. The molecule has 1 aromatic rings. The van der Waals surface area contributed by atoms with Crippen LogP contribution in [0.1, 0.15) is 5.56 Å². The number of carbonyl (C=O) groups is 1. The molecule has 64 valence electrons. The minimum absolute atomic E-state index is 0.427. The third kappa shape index (κ3) is 1.88. The lowest BCUT2D eigenvalue weighted by Crippen LogP contribution is -2.27. The highest BCUT2D eigenvalue weighted by Gasteiger charge is 2.07. The van der Waals surface area contributed by atoms with Crippen LogP contribution in [0.3, 0.4) is 0 Å². The van der Waals surface area contributed by atoms with E-state index in [-0.39, 0.29) is 0 Å². The zero-order valence-corrected chi connectivity index (χ0v) is 7.45. The molecule has 1 aromatic heterocycles. The lowest BCUT2D eigenvalue weighted by molar-refractivity contribution is 0.257. The molecule has 4 nitrogen and oxygen atoms in total. The summed E-state index contributed by atoms with van der Waals surface area (Å²) in [5.41, 5.74) is 6.00. The van der Waals surface area contributed by atoms with Crippen LogP contribution < -0.4 is 10.0 Å². The van der Waals surface area contributed by atoms with Crippen LogP contribution in [0.15, 0.2) is 18.3 Å². The molecule has 0 aliphatic rings. The van der Waals surface area contributed by atoms with Crippen molar-refractivity contribution >= 4 is 24.7 Å². The van der Waals surface area contributed by atoms with E-state index in [0.29, 0.717) is 5.82 Å². The van der Waals surface area contributed by atoms with E-state index in [0.717, 1.165) is 9.87 Å². The molecule has 0 saturated heterocycles. The number of thiol groups is 1. The van der Waals surface area contributed by atoms with Gasteiger partial charge in [-0.3, -0.25) is 0 Å². The molecular formula is C7H9N3OS. The zero-order valence-electron chi connectivity index (χ0n) is 6.56. The first-order valence-electron chi connectivity index (χ1n) is 3.32. The molecule has 0 saturated carbocycles. The molecule has 0 spiro atoms. The minimum atomic E-state index is -0.644. The number of nitrogens with two attached hydrogens (primary N) is 1. The van der Waals surface area contributed by atoms with Crippen LogP contribution in [-0.4, -0.2) is 11.0 Å². The Balaban J connectivity index is 2.89. The molecule has 1 rings (SSSR count). The van der Waals surface area contributed by atoms with Crippen LogP contribution in [0.4, 0.5) is 10.6 Å². The van der Waals surface area contributed by atoms with E-state index >= 15 is 0 Å². The summed E-state index contributed by atoms with van der Waals surface area (Å²) in [5, 5.41) is 0. The van der Waals surface area contributed by atoms with Crippen molar-refractivity contribution in [3.63, 3.8) is 0 Å². The Kier molecular flexibility index (Phi) is 2.54. The summed E-state index contributed by atoms with van der Waals surface area (Å²) < 4.78 is 0.986. The van der Waals surface area contributed by atoms with Crippen molar-refractivity contribution < 1.29 is 4.79 Å². The number of aryl methyl sites for hydroxylation is 1. The van der Waals surface area contributed by atoms with Gasteiger partial charge in [-0.2, -0.15) is 0 Å². The number of rotatable bonds is 1. The van der Waals surface area contributed by atoms with Gasteiger partial charge >= 0.3 is 6.03 Å². The van der Waals surface area contributed by atoms with Gasteiger partial charge in [-0.05, 0) is 18.6 Å². The number of hydrogen-bond donors (Lipinski definition) is 2. The van der Waals surface area contributed by atoms with Crippen molar-refractivity contribution in [3.05, 3.63) is 23.9 Å². The van der Waals surface area contributed by atoms with E-state index in [4.69, 9.17) is 5.73 Å². The van der Waals surface area contributed by atoms with Gasteiger partial charge in [0.2, 0.25) is 0 Å². The van der Waals surface area contributed by atoms with Crippen LogP contribution in [0, 0.1) is 6.92 Å². The topological polar surface area (TPSA) is 59.2 Å². The number of pyridine rings is 1. The molecule has 0 radical (unpaired) electrons. The van der Waals surface area contributed by atoms with Crippen molar-refractivity contribution in [2.75, 3.05) is 4.31 Å². The summed E-state index contributed by atoms with van der Waals surface area (Å²) in [6.07, 6.45) is 1.64. The molecular weight excluding hydrogens is 174 g/mol. The van der Waals surface area contributed by atoms with Crippen molar-refractivity contribution in [2.45, 2.75) is 6.92 Å². The first kappa shape index (κ1) is 8.86. The maximum Gasteiger partial charge on any atom is 0.330 e. The normalized spacial score (nSPS) is 9.50. The van der Waals surface area contributed by atoms with Crippen molar-refractivity contribution in [3.8, 4) is 0 Å². The Morgan fingerprint density at radius 3 is 2.75 bits per heavy atom. The number of amides is 2. The molecule has 0 unspecified atom stereocenters. The molecule has 1 heterocycles. The smallest absolute Gasteiger partial charge is 0.330 e. The molecule has 0 aliphatic carbocycles. The molecule has 5 heteroatoms. The molecule has 2 N–H and O–H groups in total. The summed E-state index contributed by atoms with van der Waals surface area (Å²) in [7, 11) is 0. The SMILES string of the molecule is Cc1ccc(N(S)C(N)=O)nc1. The average Bonchev–Trinajstić information content (AvgIpc) is 2.04. The first-order valence-corrected chi connectivity index (χ1v) is 3.72. The van der Waals surface area contributed by atoms with E-state index < -0.39 is 6.03 Å². The van der Waals surface area contributed by atoms with Crippen LogP contribution in [-0.2, 0) is 0 Å². The fraction of sp³-hybridized carbons (Fsp3) is 0.143. The quantitative estimate of drug-likeness (QED) is 0.641. The average molecular weight is 183 g/mol. The van der Waals surface area contributed by atoms with Gasteiger partial charge in [-0.1, -0.05) is 18.9 Å². The monoisotopic (exact) mass is 183 g/mol. The second kappa shape index (κ2) is 3.44. The number of urea groups is 1. The third-order valence-corrected chi connectivity index (χ3v) is 1.72. The Hall–Kier alpha value is -1.23. The van der Waals surface area contributed by atoms with Gasteiger partial charge in [0.25, 0.3) is 0 Å². The van der Waals surface area contributed by atoms with Crippen LogP contribution in [0.5, 0.6) is 0 Å². The van der Waals surface area contributed by atoms with Crippen molar-refractivity contribution in [1.29, 1.82) is 0 Å². The predicted octanol–water partition coefficient (Wildman–Crippen LogP) is 1.12. The van der Waals surface area contributed by atoms with Gasteiger partial charge in [0.05, 0.1) is 0 Å². The largest absolute Gasteiger partial charge is 0.350 e. The maximum absolute atomic E-state index is 10.6. The highest BCUT2D eigenvalue weighted by molar-refractivity contribution is 7.82. The third-order valence-electron chi connectivity index (χ3n) is 1.32. The summed E-state index contributed by atoms with van der Waals surface area (Å²) in [4.78, 5) is 14.6. The fourth-order valence-electron chi connectivity index (χ4n) is 0.698. The Labute approximate surface area is 75.9 Å². The number of primary amides is 1. The highest BCUT2D eigenvalue weighted by Crippen LogP contribution is 2.11. The lowest BCUT2D eigenvalue weighted by atomic mass is 10.3. The van der Waals surface area contributed by atoms with Gasteiger partial charge in [0.15, 0.2) is 0 Å². The Bertz CT molecular complexity index is 285. The van der Waals surface area contributed by atoms with E-state index in [1.807, 2.05) is 13.0 Å². The van der Waals surface area contributed by atoms with E-state index in [9.17, 15) is 4.79 Å². The predicted molar refractivity (Wildman–Crippen MR) is 50.0 cm³/mol. The second-order valence-corrected chi connectivity index (χ2v) is 2.74. The van der Waals surface area contributed by atoms with E-state index in [1.165, 1.54) is 0 Å². The molecule has 12 heavy (non-hydrogen) atoms. The zero-order chi connectivity index (χ0) is 9.14. The minimum Gasteiger partial charge on any atom is -0.350 e. The molecule has 0 aromatic carbocycles. The van der Waals surface area contributed by atoms with E-state index in [2.05, 4.69) is 17.8 Å². The maximum atomic E-state index is 10.6. The van der Waals surface area contributed by atoms with Crippen molar-refractivity contribution in [1.82, 2.24) is 4.98 Å². The van der Waals surface area contributed by atoms with Gasteiger partial charge in [0.1, 0.15) is 5.82 Å². The van der Waals surface area contributed by atoms with Gasteiger partial charge in [-0.25, -0.2) is 14.1 Å². The van der Waals surface area contributed by atoms with Gasteiger partial charge in [-0.15, -0.1) is 0 Å².